The lowest BCUT2D eigenvalue weighted by atomic mass is 10.00. The fourth-order valence-corrected chi connectivity index (χ4v) is 1.18. The van der Waals surface area contributed by atoms with Gasteiger partial charge >= 0.3 is 0 Å². The van der Waals surface area contributed by atoms with E-state index in [1.165, 1.54) is 22.9 Å². The highest BCUT2D eigenvalue weighted by Crippen LogP contribution is 2.15. The number of nitrogens with zero attached hydrogens (tertiary/aromatic N) is 1. The van der Waals surface area contributed by atoms with Crippen LogP contribution >= 0.6 is 0 Å². The summed E-state index contributed by atoms with van der Waals surface area (Å²) in [7, 11) is 0. The summed E-state index contributed by atoms with van der Waals surface area (Å²) in [6, 6.07) is 3.98. The molecule has 1 N–H and O–H groups in total. The van der Waals surface area contributed by atoms with Crippen LogP contribution in [0.15, 0.2) is 17.3 Å². The Bertz CT molecular complexity index is 316. The molecule has 1 aromatic carbocycles. The van der Waals surface area contributed by atoms with E-state index in [0.29, 0.717) is 0 Å². The van der Waals surface area contributed by atoms with Crippen LogP contribution in [0, 0.1) is 20.8 Å². The number of oxime groups is 1. The predicted molar refractivity (Wildman–Crippen MR) is 50.0 cm³/mol. The molecule has 0 atom stereocenters. The summed E-state index contributed by atoms with van der Waals surface area (Å²) in [5.41, 5.74) is 4.67. The molecule has 0 saturated heterocycles. The summed E-state index contributed by atoms with van der Waals surface area (Å²) in [6.07, 6.45) is 1.46. The first kappa shape index (κ1) is 8.78. The van der Waals surface area contributed by atoms with Gasteiger partial charge in [-0.3, -0.25) is 0 Å². The third-order valence-corrected chi connectivity index (χ3v) is 2.30. The molecule has 0 heterocycles. The minimum atomic E-state index is 0.973. The summed E-state index contributed by atoms with van der Waals surface area (Å²) in [4.78, 5) is 0. The standard InChI is InChI=1S/C10H13NO/c1-7-4-5-10(6-11-12)9(3)8(7)2/h4-6,12H,1-3H3. The van der Waals surface area contributed by atoms with Gasteiger partial charge in [0, 0.05) is 0 Å². The molecule has 0 aliphatic carbocycles. The van der Waals surface area contributed by atoms with Crippen molar-refractivity contribution in [3.05, 3.63) is 34.4 Å². The Morgan fingerprint density at radius 2 is 1.83 bits per heavy atom. The summed E-state index contributed by atoms with van der Waals surface area (Å²) < 4.78 is 0. The fourth-order valence-electron chi connectivity index (χ4n) is 1.18. The molecule has 1 rings (SSSR count). The van der Waals surface area contributed by atoms with Crippen LogP contribution in [0.4, 0.5) is 0 Å². The fraction of sp³-hybridized carbons (Fsp3) is 0.300. The monoisotopic (exact) mass is 163 g/mol. The van der Waals surface area contributed by atoms with Gasteiger partial charge in [-0.2, -0.15) is 0 Å². The molecule has 0 spiro atoms. The minimum absolute atomic E-state index is 0.973. The molecule has 0 aliphatic rings. The third-order valence-electron chi connectivity index (χ3n) is 2.30. The molecule has 12 heavy (non-hydrogen) atoms. The van der Waals surface area contributed by atoms with E-state index in [4.69, 9.17) is 5.21 Å². The zero-order chi connectivity index (χ0) is 9.14. The Balaban J connectivity index is 3.26. The molecular weight excluding hydrogens is 150 g/mol. The topological polar surface area (TPSA) is 32.6 Å². The Kier molecular flexibility index (Phi) is 2.48. The molecule has 2 heteroatoms. The van der Waals surface area contributed by atoms with Crippen LogP contribution in [0.3, 0.4) is 0 Å². The normalized spacial score (nSPS) is 10.9. The summed E-state index contributed by atoms with van der Waals surface area (Å²) in [5.74, 6) is 0. The quantitative estimate of drug-likeness (QED) is 0.385. The van der Waals surface area contributed by atoms with Gasteiger partial charge in [0.25, 0.3) is 0 Å². The number of hydrogen-bond donors (Lipinski definition) is 1. The van der Waals surface area contributed by atoms with Crippen molar-refractivity contribution in [2.24, 2.45) is 5.16 Å². The number of aryl methyl sites for hydroxylation is 1. The second-order valence-corrected chi connectivity index (χ2v) is 2.97. The molecule has 0 unspecified atom stereocenters. The van der Waals surface area contributed by atoms with Crippen molar-refractivity contribution >= 4 is 6.21 Å². The van der Waals surface area contributed by atoms with Crippen molar-refractivity contribution in [1.82, 2.24) is 0 Å². The molecule has 0 saturated carbocycles. The van der Waals surface area contributed by atoms with Crippen molar-refractivity contribution in [2.75, 3.05) is 0 Å². The van der Waals surface area contributed by atoms with Gasteiger partial charge in [-0.15, -0.1) is 0 Å². The van der Waals surface area contributed by atoms with E-state index < -0.39 is 0 Å². The summed E-state index contributed by atoms with van der Waals surface area (Å²) in [6.45, 7) is 6.17. The second kappa shape index (κ2) is 3.39. The maximum Gasteiger partial charge on any atom is 0.0736 e. The molecule has 0 aromatic heterocycles. The highest BCUT2D eigenvalue weighted by Gasteiger charge is 2.00. The van der Waals surface area contributed by atoms with Crippen molar-refractivity contribution in [1.29, 1.82) is 0 Å². The molecule has 0 bridgehead atoms. The van der Waals surface area contributed by atoms with Crippen LogP contribution in [-0.4, -0.2) is 11.4 Å². The predicted octanol–water partition coefficient (Wildman–Crippen LogP) is 2.42. The highest BCUT2D eigenvalue weighted by atomic mass is 16.4. The van der Waals surface area contributed by atoms with Gasteiger partial charge in [-0.25, -0.2) is 0 Å². The maximum atomic E-state index is 8.37. The van der Waals surface area contributed by atoms with E-state index in [9.17, 15) is 0 Å². The van der Waals surface area contributed by atoms with Crippen molar-refractivity contribution < 1.29 is 5.21 Å². The lowest BCUT2D eigenvalue weighted by Crippen LogP contribution is -1.93. The van der Waals surface area contributed by atoms with E-state index >= 15 is 0 Å². The maximum absolute atomic E-state index is 8.37. The minimum Gasteiger partial charge on any atom is -0.411 e. The van der Waals surface area contributed by atoms with Crippen molar-refractivity contribution in [3.8, 4) is 0 Å². The molecule has 0 fully saturated rings. The SMILES string of the molecule is Cc1ccc(C=NO)c(C)c1C. The highest BCUT2D eigenvalue weighted by molar-refractivity contribution is 5.81. The largest absolute Gasteiger partial charge is 0.411 e. The molecule has 0 aliphatic heterocycles. The van der Waals surface area contributed by atoms with Crippen LogP contribution < -0.4 is 0 Å². The van der Waals surface area contributed by atoms with Gasteiger partial charge in [0.1, 0.15) is 0 Å². The molecule has 0 amide bonds. The molecular formula is C10H13NO. The molecule has 2 nitrogen and oxygen atoms in total. The van der Waals surface area contributed by atoms with Gasteiger partial charge in [0.15, 0.2) is 0 Å². The number of hydrogen-bond acceptors (Lipinski definition) is 2. The van der Waals surface area contributed by atoms with Gasteiger partial charge < -0.3 is 5.21 Å². The third kappa shape index (κ3) is 1.47. The number of rotatable bonds is 1. The average Bonchev–Trinajstić information content (AvgIpc) is 2.07. The summed E-state index contributed by atoms with van der Waals surface area (Å²) in [5, 5.41) is 11.4. The van der Waals surface area contributed by atoms with Crippen LogP contribution in [0.25, 0.3) is 0 Å². The molecule has 1 aromatic rings. The molecule has 64 valence electrons. The van der Waals surface area contributed by atoms with E-state index in [1.54, 1.807) is 0 Å². The van der Waals surface area contributed by atoms with E-state index in [1.807, 2.05) is 19.1 Å². The van der Waals surface area contributed by atoms with Gasteiger partial charge in [-0.05, 0) is 43.0 Å². The second-order valence-electron chi connectivity index (χ2n) is 2.97. The number of benzene rings is 1. The zero-order valence-electron chi connectivity index (χ0n) is 7.63. The Hall–Kier alpha value is -1.31. The van der Waals surface area contributed by atoms with E-state index in [2.05, 4.69) is 19.0 Å². The Morgan fingerprint density at radius 3 is 2.42 bits per heavy atom. The first-order valence-corrected chi connectivity index (χ1v) is 3.91. The van der Waals surface area contributed by atoms with Crippen molar-refractivity contribution in [3.63, 3.8) is 0 Å². The Labute approximate surface area is 72.5 Å². The van der Waals surface area contributed by atoms with Crippen LogP contribution in [-0.2, 0) is 0 Å². The summed E-state index contributed by atoms with van der Waals surface area (Å²) >= 11 is 0. The lowest BCUT2D eigenvalue weighted by Gasteiger charge is -2.06. The average molecular weight is 163 g/mol. The van der Waals surface area contributed by atoms with E-state index in [0.717, 1.165) is 5.56 Å². The zero-order valence-corrected chi connectivity index (χ0v) is 7.63. The molecule has 0 radical (unpaired) electrons. The van der Waals surface area contributed by atoms with Gasteiger partial charge in [0.2, 0.25) is 0 Å². The van der Waals surface area contributed by atoms with Crippen LogP contribution in [0.5, 0.6) is 0 Å². The smallest absolute Gasteiger partial charge is 0.0736 e. The van der Waals surface area contributed by atoms with Crippen LogP contribution in [0.1, 0.15) is 22.3 Å². The van der Waals surface area contributed by atoms with Crippen molar-refractivity contribution in [2.45, 2.75) is 20.8 Å². The first-order valence-electron chi connectivity index (χ1n) is 3.91. The first-order chi connectivity index (χ1) is 5.66. The lowest BCUT2D eigenvalue weighted by molar-refractivity contribution is 0.322. The van der Waals surface area contributed by atoms with Crippen LogP contribution in [0.2, 0.25) is 0 Å². The van der Waals surface area contributed by atoms with Gasteiger partial charge in [0.05, 0.1) is 6.21 Å². The van der Waals surface area contributed by atoms with Gasteiger partial charge in [-0.1, -0.05) is 17.3 Å². The Morgan fingerprint density at radius 1 is 1.17 bits per heavy atom. The van der Waals surface area contributed by atoms with E-state index in [-0.39, 0.29) is 0 Å².